The highest BCUT2D eigenvalue weighted by molar-refractivity contribution is 6.36. The summed E-state index contributed by atoms with van der Waals surface area (Å²) in [7, 11) is 4.49. The molecule has 254 valence electrons. The molecule has 1 spiro atoms. The number of anilines is 1. The SMILES string of the molecule is COc1nc(-c2cccc(-c3cccc(NC(=O)c4cn(C)c(=O)n(C)c4=O)c3C)c2Cl)cc2c1[C@@H](CN1CC[C@]3(CCC(=O)N3)C1)CC2. The van der Waals surface area contributed by atoms with Gasteiger partial charge in [-0.15, -0.1) is 0 Å². The third kappa shape index (κ3) is 5.84. The number of methoxy groups -OCH3 is 1. The first-order valence-electron chi connectivity index (χ1n) is 16.6. The molecule has 0 bridgehead atoms. The molecule has 2 saturated heterocycles. The molecule has 4 heterocycles. The van der Waals surface area contributed by atoms with Crippen LogP contribution in [-0.4, -0.2) is 63.1 Å². The van der Waals surface area contributed by atoms with E-state index in [-0.39, 0.29) is 17.0 Å². The number of nitrogens with one attached hydrogen (secondary N) is 2. The van der Waals surface area contributed by atoms with Crippen molar-refractivity contribution in [3.63, 3.8) is 0 Å². The third-order valence-electron chi connectivity index (χ3n) is 10.5. The first-order valence-corrected chi connectivity index (χ1v) is 16.9. The summed E-state index contributed by atoms with van der Waals surface area (Å²) < 4.78 is 8.01. The highest BCUT2D eigenvalue weighted by Gasteiger charge is 2.44. The van der Waals surface area contributed by atoms with Gasteiger partial charge in [0.15, 0.2) is 0 Å². The quantitative estimate of drug-likeness (QED) is 0.296. The summed E-state index contributed by atoms with van der Waals surface area (Å²) in [5.41, 5.74) is 5.33. The Morgan fingerprint density at radius 3 is 2.59 bits per heavy atom. The molecule has 2 aliphatic heterocycles. The molecule has 0 radical (unpaired) electrons. The van der Waals surface area contributed by atoms with E-state index >= 15 is 0 Å². The van der Waals surface area contributed by atoms with Gasteiger partial charge in [-0.2, -0.15) is 0 Å². The van der Waals surface area contributed by atoms with E-state index < -0.39 is 17.2 Å². The van der Waals surface area contributed by atoms with Crippen molar-refractivity contribution in [3.05, 3.63) is 96.8 Å². The Hall–Kier alpha value is -4.74. The van der Waals surface area contributed by atoms with Gasteiger partial charge in [-0.05, 0) is 61.4 Å². The van der Waals surface area contributed by atoms with Gasteiger partial charge < -0.3 is 24.8 Å². The highest BCUT2D eigenvalue weighted by Crippen LogP contribution is 2.44. The summed E-state index contributed by atoms with van der Waals surface area (Å²) in [4.78, 5) is 57.4. The Kier molecular flexibility index (Phi) is 8.44. The van der Waals surface area contributed by atoms with Gasteiger partial charge in [-0.3, -0.25) is 19.0 Å². The molecule has 2 amide bonds. The predicted octanol–water partition coefficient (Wildman–Crippen LogP) is 4.42. The van der Waals surface area contributed by atoms with E-state index in [0.29, 0.717) is 28.9 Å². The first kappa shape index (κ1) is 32.8. The number of halogens is 1. The Labute approximate surface area is 288 Å². The summed E-state index contributed by atoms with van der Waals surface area (Å²) in [5, 5.41) is 6.60. The van der Waals surface area contributed by atoms with Crippen molar-refractivity contribution in [2.24, 2.45) is 14.1 Å². The second-order valence-electron chi connectivity index (χ2n) is 13.5. The van der Waals surface area contributed by atoms with Crippen molar-refractivity contribution < 1.29 is 14.3 Å². The van der Waals surface area contributed by atoms with Crippen LogP contribution in [0.5, 0.6) is 5.88 Å². The number of hydrogen-bond donors (Lipinski definition) is 2. The van der Waals surface area contributed by atoms with Crippen LogP contribution in [-0.2, 0) is 25.3 Å². The van der Waals surface area contributed by atoms with Crippen LogP contribution in [0.15, 0.2) is 58.3 Å². The van der Waals surface area contributed by atoms with Crippen LogP contribution in [0.3, 0.4) is 0 Å². The van der Waals surface area contributed by atoms with Crippen LogP contribution in [0.1, 0.15) is 58.6 Å². The number of nitrogens with zero attached hydrogens (tertiary/aromatic N) is 4. The summed E-state index contributed by atoms with van der Waals surface area (Å²) in [6.45, 7) is 4.64. The fourth-order valence-electron chi connectivity index (χ4n) is 7.84. The summed E-state index contributed by atoms with van der Waals surface area (Å²) in [6, 6.07) is 13.5. The minimum atomic E-state index is -0.669. The van der Waals surface area contributed by atoms with Gasteiger partial charge in [0, 0.05) is 74.6 Å². The molecule has 2 atom stereocenters. The zero-order chi connectivity index (χ0) is 34.6. The molecule has 49 heavy (non-hydrogen) atoms. The number of rotatable bonds is 7. The van der Waals surface area contributed by atoms with Gasteiger partial charge in [0.05, 0.1) is 23.4 Å². The minimum absolute atomic E-state index is 0.0718. The van der Waals surface area contributed by atoms with E-state index in [4.69, 9.17) is 21.3 Å². The molecule has 7 rings (SSSR count). The Balaban J connectivity index is 1.16. The number of carbonyl (C=O) groups is 2. The fourth-order valence-corrected chi connectivity index (χ4v) is 8.16. The number of likely N-dealkylation sites (tertiary alicyclic amines) is 1. The number of aryl methyl sites for hydroxylation is 2. The minimum Gasteiger partial charge on any atom is -0.481 e. The zero-order valence-electron chi connectivity index (χ0n) is 28.1. The topological polar surface area (TPSA) is 128 Å². The molecule has 2 aromatic carbocycles. The maximum atomic E-state index is 13.2. The van der Waals surface area contributed by atoms with Crippen molar-refractivity contribution in [2.75, 3.05) is 32.1 Å². The molecular formula is C37H39ClN6O5. The second kappa shape index (κ2) is 12.6. The lowest BCUT2D eigenvalue weighted by Crippen LogP contribution is -2.44. The molecule has 12 heteroatoms. The van der Waals surface area contributed by atoms with E-state index in [1.807, 2.05) is 37.3 Å². The van der Waals surface area contributed by atoms with Crippen molar-refractivity contribution in [3.8, 4) is 28.3 Å². The van der Waals surface area contributed by atoms with E-state index in [2.05, 4.69) is 21.6 Å². The zero-order valence-corrected chi connectivity index (χ0v) is 28.8. The van der Waals surface area contributed by atoms with Crippen LogP contribution in [0, 0.1) is 6.92 Å². The van der Waals surface area contributed by atoms with Crippen molar-refractivity contribution in [1.82, 2.24) is 24.3 Å². The average molecular weight is 683 g/mol. The van der Waals surface area contributed by atoms with E-state index in [1.165, 1.54) is 30.4 Å². The summed E-state index contributed by atoms with van der Waals surface area (Å²) in [6.07, 6.45) is 5.69. The number of hydrogen-bond acceptors (Lipinski definition) is 7. The number of aromatic nitrogens is 3. The van der Waals surface area contributed by atoms with Gasteiger partial charge >= 0.3 is 5.69 Å². The van der Waals surface area contributed by atoms with Crippen molar-refractivity contribution in [2.45, 2.75) is 50.5 Å². The van der Waals surface area contributed by atoms with Gasteiger partial charge in [0.1, 0.15) is 5.56 Å². The van der Waals surface area contributed by atoms with Gasteiger partial charge in [0.2, 0.25) is 11.8 Å². The molecule has 4 aromatic rings. The Morgan fingerprint density at radius 2 is 1.84 bits per heavy atom. The van der Waals surface area contributed by atoms with Gasteiger partial charge in [-0.25, -0.2) is 9.78 Å². The molecule has 2 aromatic heterocycles. The van der Waals surface area contributed by atoms with Crippen molar-refractivity contribution >= 4 is 29.1 Å². The van der Waals surface area contributed by atoms with Crippen LogP contribution in [0.25, 0.3) is 22.4 Å². The standard InChI is InChI=1S/C37H39ClN6O5/c1-21-24(7-6-10-28(21)39-33(46)27-19-42(2)36(48)43(3)35(27)47)25-8-5-9-26(32(25)38)29-17-22-11-12-23(31(22)34(40-29)49-4)18-44-16-15-37(20-44)14-13-30(45)41-37/h5-10,17,19,23H,11-16,18,20H2,1-4H3,(H,39,46)(H,41,45)/t23-,37-/m1/s1. The number of fused-ring (bicyclic) bond motifs is 1. The number of amides is 2. The second-order valence-corrected chi connectivity index (χ2v) is 13.9. The Bertz CT molecular complexity index is 2140. The van der Waals surface area contributed by atoms with Crippen LogP contribution >= 0.6 is 11.6 Å². The molecule has 2 N–H and O–H groups in total. The fraction of sp³-hybridized carbons (Fsp3) is 0.378. The van der Waals surface area contributed by atoms with Crippen LogP contribution in [0.2, 0.25) is 5.02 Å². The first-order chi connectivity index (χ1) is 23.5. The third-order valence-corrected chi connectivity index (χ3v) is 10.9. The van der Waals surface area contributed by atoms with Crippen LogP contribution in [0.4, 0.5) is 5.69 Å². The lowest BCUT2D eigenvalue weighted by molar-refractivity contribution is -0.119. The number of carbonyl (C=O) groups excluding carboxylic acids is 2. The summed E-state index contributed by atoms with van der Waals surface area (Å²) >= 11 is 7.15. The van der Waals surface area contributed by atoms with Crippen molar-refractivity contribution in [1.29, 1.82) is 0 Å². The highest BCUT2D eigenvalue weighted by atomic mass is 35.5. The number of ether oxygens (including phenoxy) is 1. The van der Waals surface area contributed by atoms with Gasteiger partial charge in [-0.1, -0.05) is 41.9 Å². The smallest absolute Gasteiger partial charge is 0.330 e. The van der Waals surface area contributed by atoms with E-state index in [1.54, 1.807) is 13.2 Å². The summed E-state index contributed by atoms with van der Waals surface area (Å²) in [5.74, 6) is 0.459. The number of pyridine rings is 1. The molecule has 0 saturated carbocycles. The Morgan fingerprint density at radius 1 is 1.08 bits per heavy atom. The van der Waals surface area contributed by atoms with E-state index in [9.17, 15) is 19.2 Å². The van der Waals surface area contributed by atoms with Gasteiger partial charge in [0.25, 0.3) is 11.5 Å². The maximum absolute atomic E-state index is 13.2. The number of benzene rings is 2. The monoisotopic (exact) mass is 682 g/mol. The average Bonchev–Trinajstić information content (AvgIpc) is 3.80. The molecule has 11 nitrogen and oxygen atoms in total. The predicted molar refractivity (Wildman–Crippen MR) is 189 cm³/mol. The maximum Gasteiger partial charge on any atom is 0.330 e. The molecule has 3 aliphatic rings. The molecule has 0 unspecified atom stereocenters. The van der Waals surface area contributed by atoms with E-state index in [0.717, 1.165) is 83.4 Å². The molecule has 1 aliphatic carbocycles. The lowest BCUT2D eigenvalue weighted by atomic mass is 9.95. The molecular weight excluding hydrogens is 644 g/mol. The largest absolute Gasteiger partial charge is 0.481 e. The normalized spacial score (nSPS) is 20.1. The molecule has 2 fully saturated rings. The lowest BCUT2D eigenvalue weighted by Gasteiger charge is -2.26. The van der Waals surface area contributed by atoms with Crippen LogP contribution < -0.4 is 26.6 Å².